The van der Waals surface area contributed by atoms with Gasteiger partial charge in [0, 0.05) is 51.7 Å². The molecule has 0 spiro atoms. The van der Waals surface area contributed by atoms with Crippen molar-refractivity contribution >= 4 is 11.8 Å². The largest absolute Gasteiger partial charge is 0.336 e. The number of carbonyl (C=O) groups excluding carboxylic acids is 2. The summed E-state index contributed by atoms with van der Waals surface area (Å²) in [7, 11) is 0. The van der Waals surface area contributed by atoms with Gasteiger partial charge in [0.15, 0.2) is 11.5 Å². The Bertz CT molecular complexity index is 806. The van der Waals surface area contributed by atoms with Crippen molar-refractivity contribution in [2.24, 2.45) is 0 Å². The maximum atomic E-state index is 13.8. The molecule has 0 N–H and O–H groups in total. The van der Waals surface area contributed by atoms with Crippen LogP contribution in [0.5, 0.6) is 0 Å². The van der Waals surface area contributed by atoms with E-state index >= 15 is 0 Å². The number of pyridine rings is 1. The Hall–Kier alpha value is -2.77. The molecule has 2 amide bonds. The summed E-state index contributed by atoms with van der Waals surface area (Å²) in [5.74, 6) is -0.201. The summed E-state index contributed by atoms with van der Waals surface area (Å²) in [4.78, 5) is 36.0. The molecule has 1 aliphatic heterocycles. The van der Waals surface area contributed by atoms with Crippen molar-refractivity contribution in [3.63, 3.8) is 0 Å². The molecule has 1 fully saturated rings. The van der Waals surface area contributed by atoms with Gasteiger partial charge in [0.25, 0.3) is 5.91 Å². The van der Waals surface area contributed by atoms with Crippen molar-refractivity contribution < 1.29 is 14.0 Å². The van der Waals surface area contributed by atoms with E-state index in [1.54, 1.807) is 16.0 Å². The van der Waals surface area contributed by atoms with Crippen molar-refractivity contribution in [2.75, 3.05) is 19.6 Å². The molecule has 0 saturated carbocycles. The fourth-order valence-electron chi connectivity index (χ4n) is 3.33. The Kier molecular flexibility index (Phi) is 5.29. The maximum Gasteiger partial charge on any atom is 0.275 e. The standard InChI is InChI=1S/C18H22FN5O2/c1-13-20-7-9-22(13)10-11-24(14(2)25)15-5-8-23(12-15)18(26)17-16(19)4-3-6-21-17/h3-4,6-7,9,15H,5,8,10-12H2,1-2H3. The molecular formula is C18H22FN5O2. The van der Waals surface area contributed by atoms with Crippen LogP contribution in [0.2, 0.25) is 0 Å². The lowest BCUT2D eigenvalue weighted by molar-refractivity contribution is -0.131. The summed E-state index contributed by atoms with van der Waals surface area (Å²) in [5.41, 5.74) is -0.170. The van der Waals surface area contributed by atoms with Gasteiger partial charge in [-0.05, 0) is 25.5 Å². The van der Waals surface area contributed by atoms with Gasteiger partial charge in [-0.25, -0.2) is 14.4 Å². The number of rotatable bonds is 5. The highest BCUT2D eigenvalue weighted by molar-refractivity contribution is 5.92. The van der Waals surface area contributed by atoms with Gasteiger partial charge < -0.3 is 14.4 Å². The summed E-state index contributed by atoms with van der Waals surface area (Å²) in [5, 5.41) is 0. The van der Waals surface area contributed by atoms with E-state index in [1.807, 2.05) is 17.7 Å². The molecule has 1 atom stereocenters. The molecule has 1 aliphatic rings. The average Bonchev–Trinajstić information content (AvgIpc) is 3.24. The van der Waals surface area contributed by atoms with Crippen LogP contribution in [-0.2, 0) is 11.3 Å². The lowest BCUT2D eigenvalue weighted by Gasteiger charge is -2.28. The number of hydrogen-bond acceptors (Lipinski definition) is 4. The first kappa shape index (κ1) is 18.0. The van der Waals surface area contributed by atoms with E-state index in [0.29, 0.717) is 32.6 Å². The third kappa shape index (κ3) is 3.74. The highest BCUT2D eigenvalue weighted by Gasteiger charge is 2.33. The van der Waals surface area contributed by atoms with Crippen LogP contribution in [0.15, 0.2) is 30.7 Å². The van der Waals surface area contributed by atoms with Gasteiger partial charge in [-0.3, -0.25) is 9.59 Å². The Morgan fingerprint density at radius 3 is 2.81 bits per heavy atom. The Morgan fingerprint density at radius 2 is 2.15 bits per heavy atom. The number of likely N-dealkylation sites (tertiary alicyclic amines) is 1. The average molecular weight is 359 g/mol. The number of aryl methyl sites for hydroxylation is 1. The number of imidazole rings is 1. The number of halogens is 1. The second-order valence-corrected chi connectivity index (χ2v) is 6.41. The van der Waals surface area contributed by atoms with Crippen LogP contribution >= 0.6 is 0 Å². The minimum Gasteiger partial charge on any atom is -0.336 e. The smallest absolute Gasteiger partial charge is 0.275 e. The molecule has 7 nitrogen and oxygen atoms in total. The topological polar surface area (TPSA) is 71.3 Å². The first-order chi connectivity index (χ1) is 12.5. The van der Waals surface area contributed by atoms with Crippen molar-refractivity contribution in [1.29, 1.82) is 0 Å². The lowest BCUT2D eigenvalue weighted by Crippen LogP contribution is -2.43. The monoisotopic (exact) mass is 359 g/mol. The second kappa shape index (κ2) is 7.63. The van der Waals surface area contributed by atoms with E-state index in [-0.39, 0.29) is 17.6 Å². The Labute approximate surface area is 151 Å². The predicted octanol–water partition coefficient (Wildman–Crippen LogP) is 1.49. The van der Waals surface area contributed by atoms with Crippen molar-refractivity contribution in [1.82, 2.24) is 24.3 Å². The molecule has 0 aliphatic carbocycles. The second-order valence-electron chi connectivity index (χ2n) is 6.41. The minimum absolute atomic E-state index is 0.0360. The van der Waals surface area contributed by atoms with E-state index in [9.17, 15) is 14.0 Å². The van der Waals surface area contributed by atoms with Crippen LogP contribution in [0.1, 0.15) is 29.7 Å². The van der Waals surface area contributed by atoms with Gasteiger partial charge in [-0.15, -0.1) is 0 Å². The zero-order valence-electron chi connectivity index (χ0n) is 14.9. The Morgan fingerprint density at radius 1 is 1.35 bits per heavy atom. The van der Waals surface area contributed by atoms with Gasteiger partial charge in [-0.1, -0.05) is 0 Å². The zero-order chi connectivity index (χ0) is 18.7. The van der Waals surface area contributed by atoms with Crippen molar-refractivity contribution in [2.45, 2.75) is 32.9 Å². The van der Waals surface area contributed by atoms with Gasteiger partial charge in [0.2, 0.25) is 5.91 Å². The highest BCUT2D eigenvalue weighted by Crippen LogP contribution is 2.19. The predicted molar refractivity (Wildman–Crippen MR) is 92.9 cm³/mol. The number of aromatic nitrogens is 3. The molecule has 138 valence electrons. The molecule has 3 rings (SSSR count). The zero-order valence-corrected chi connectivity index (χ0v) is 14.9. The number of nitrogens with zero attached hydrogens (tertiary/aromatic N) is 5. The van der Waals surface area contributed by atoms with Crippen LogP contribution in [0.25, 0.3) is 0 Å². The molecule has 3 heterocycles. The maximum absolute atomic E-state index is 13.8. The Balaban J connectivity index is 1.65. The van der Waals surface area contributed by atoms with Crippen LogP contribution in [0, 0.1) is 12.7 Å². The molecule has 1 saturated heterocycles. The number of amides is 2. The minimum atomic E-state index is -0.625. The van der Waals surface area contributed by atoms with Crippen molar-refractivity contribution in [3.8, 4) is 0 Å². The van der Waals surface area contributed by atoms with E-state index < -0.39 is 11.7 Å². The molecule has 8 heteroatoms. The number of carbonyl (C=O) groups is 2. The number of hydrogen-bond donors (Lipinski definition) is 0. The first-order valence-corrected chi connectivity index (χ1v) is 8.62. The fourth-order valence-corrected chi connectivity index (χ4v) is 3.33. The molecule has 0 aromatic carbocycles. The molecule has 1 unspecified atom stereocenters. The summed E-state index contributed by atoms with van der Waals surface area (Å²) < 4.78 is 15.8. The molecule has 2 aromatic heterocycles. The molecule has 0 radical (unpaired) electrons. The SMILES string of the molecule is CC(=O)N(CCn1ccnc1C)C1CCN(C(=O)c2ncccc2F)C1. The van der Waals surface area contributed by atoms with Crippen LogP contribution in [0.3, 0.4) is 0 Å². The molecule has 0 bridgehead atoms. The van der Waals surface area contributed by atoms with Gasteiger partial charge in [0.05, 0.1) is 6.04 Å². The van der Waals surface area contributed by atoms with Crippen molar-refractivity contribution in [3.05, 3.63) is 48.1 Å². The van der Waals surface area contributed by atoms with E-state index in [1.165, 1.54) is 25.3 Å². The summed E-state index contributed by atoms with van der Waals surface area (Å²) in [6.07, 6.45) is 5.68. The molecular weight excluding hydrogens is 337 g/mol. The quantitative estimate of drug-likeness (QED) is 0.811. The normalized spacial score (nSPS) is 16.7. The third-order valence-corrected chi connectivity index (χ3v) is 4.76. The van der Waals surface area contributed by atoms with E-state index in [4.69, 9.17) is 0 Å². The fraction of sp³-hybridized carbons (Fsp3) is 0.444. The van der Waals surface area contributed by atoms with Crippen LogP contribution in [-0.4, -0.2) is 61.8 Å². The van der Waals surface area contributed by atoms with Crippen LogP contribution in [0.4, 0.5) is 4.39 Å². The summed E-state index contributed by atoms with van der Waals surface area (Å²) in [6, 6.07) is 2.60. The van der Waals surface area contributed by atoms with E-state index in [2.05, 4.69) is 9.97 Å². The van der Waals surface area contributed by atoms with Gasteiger partial charge >= 0.3 is 0 Å². The van der Waals surface area contributed by atoms with E-state index in [0.717, 1.165) is 5.82 Å². The highest BCUT2D eigenvalue weighted by atomic mass is 19.1. The summed E-state index contributed by atoms with van der Waals surface area (Å²) >= 11 is 0. The third-order valence-electron chi connectivity index (χ3n) is 4.76. The van der Waals surface area contributed by atoms with Gasteiger partial charge in [-0.2, -0.15) is 0 Å². The van der Waals surface area contributed by atoms with Crippen LogP contribution < -0.4 is 0 Å². The first-order valence-electron chi connectivity index (χ1n) is 8.62. The summed E-state index contributed by atoms with van der Waals surface area (Å²) in [6.45, 7) is 5.49. The lowest BCUT2D eigenvalue weighted by atomic mass is 10.2. The molecule has 2 aromatic rings. The van der Waals surface area contributed by atoms with Gasteiger partial charge in [0.1, 0.15) is 5.82 Å². The molecule has 26 heavy (non-hydrogen) atoms.